The molecule has 38 heavy (non-hydrogen) atoms. The molecule has 0 aliphatic rings. The number of carbonyl (C=O) groups is 2. The van der Waals surface area contributed by atoms with E-state index in [4.69, 9.17) is 9.47 Å². The van der Waals surface area contributed by atoms with E-state index in [9.17, 15) is 9.59 Å². The van der Waals surface area contributed by atoms with Crippen molar-refractivity contribution in [3.8, 4) is 17.6 Å². The highest BCUT2D eigenvalue weighted by molar-refractivity contribution is 6.08. The van der Waals surface area contributed by atoms with Crippen molar-refractivity contribution in [1.82, 2.24) is 14.5 Å². The summed E-state index contributed by atoms with van der Waals surface area (Å²) in [6.07, 6.45) is 6.43. The Morgan fingerprint density at radius 2 is 1.76 bits per heavy atom. The molecule has 0 fully saturated rings. The first-order valence-corrected chi connectivity index (χ1v) is 12.2. The highest BCUT2D eigenvalue weighted by atomic mass is 16.6. The number of benzene rings is 2. The van der Waals surface area contributed by atoms with Gasteiger partial charge in [0.05, 0.1) is 23.9 Å². The molecule has 0 unspecified atom stereocenters. The average molecular weight is 511 g/mol. The summed E-state index contributed by atoms with van der Waals surface area (Å²) in [6, 6.07) is 11.6. The molecular formula is C30H30N4O4. The predicted molar refractivity (Wildman–Crippen MR) is 146 cm³/mol. The Hall–Kier alpha value is -4.64. The van der Waals surface area contributed by atoms with Gasteiger partial charge in [-0.1, -0.05) is 24.0 Å². The lowest BCUT2D eigenvalue weighted by atomic mass is 10.0. The first-order chi connectivity index (χ1) is 18.1. The normalized spacial score (nSPS) is 11.0. The lowest BCUT2D eigenvalue weighted by Gasteiger charge is -2.20. The van der Waals surface area contributed by atoms with Gasteiger partial charge in [0.25, 0.3) is 0 Å². The number of methoxy groups -OCH3 is 1. The number of fused-ring (bicyclic) bond motifs is 1. The second kappa shape index (κ2) is 11.2. The molecule has 4 rings (SSSR count). The molecule has 2 heterocycles. The first-order valence-electron chi connectivity index (χ1n) is 12.2. The Morgan fingerprint density at radius 3 is 2.39 bits per heavy atom. The van der Waals surface area contributed by atoms with Crippen molar-refractivity contribution in [2.45, 2.75) is 46.4 Å². The van der Waals surface area contributed by atoms with Gasteiger partial charge in [0.2, 0.25) is 0 Å². The van der Waals surface area contributed by atoms with E-state index < -0.39 is 5.60 Å². The van der Waals surface area contributed by atoms with Crippen LogP contribution in [-0.4, -0.2) is 39.0 Å². The quantitative estimate of drug-likeness (QED) is 0.212. The summed E-state index contributed by atoms with van der Waals surface area (Å²) >= 11 is 0. The number of ether oxygens (including phenoxy) is 2. The molecule has 0 atom stereocenters. The Morgan fingerprint density at radius 1 is 1.05 bits per heavy atom. The number of Topliss-reactive ketones (excluding diaryl/α,β-unsaturated/α-hetero) is 1. The minimum atomic E-state index is -0.613. The number of rotatable bonds is 7. The molecule has 0 aliphatic carbocycles. The third-order valence-corrected chi connectivity index (χ3v) is 5.66. The molecule has 0 saturated carbocycles. The fourth-order valence-corrected chi connectivity index (χ4v) is 3.95. The summed E-state index contributed by atoms with van der Waals surface area (Å²) in [7, 11) is 1.63. The maximum Gasteiger partial charge on any atom is 0.326 e. The Balaban J connectivity index is 1.77. The molecule has 0 radical (unpaired) electrons. The second-order valence-electron chi connectivity index (χ2n) is 9.81. The summed E-state index contributed by atoms with van der Waals surface area (Å²) in [6.45, 7) is 7.49. The van der Waals surface area contributed by atoms with Gasteiger partial charge in [-0.25, -0.2) is 9.97 Å². The third kappa shape index (κ3) is 6.56. The van der Waals surface area contributed by atoms with Gasteiger partial charge in [0.15, 0.2) is 5.78 Å². The van der Waals surface area contributed by atoms with E-state index in [-0.39, 0.29) is 18.3 Å². The summed E-state index contributed by atoms with van der Waals surface area (Å²) in [5, 5.41) is 4.18. The Labute approximate surface area is 222 Å². The van der Waals surface area contributed by atoms with E-state index in [2.05, 4.69) is 27.1 Å². The third-order valence-electron chi connectivity index (χ3n) is 5.66. The molecule has 194 valence electrons. The van der Waals surface area contributed by atoms with Gasteiger partial charge in [-0.05, 0) is 57.5 Å². The van der Waals surface area contributed by atoms with Gasteiger partial charge in [-0.15, -0.1) is 0 Å². The first kappa shape index (κ1) is 26.4. The average Bonchev–Trinajstić information content (AvgIpc) is 3.22. The number of ketones is 1. The van der Waals surface area contributed by atoms with Gasteiger partial charge in [-0.2, -0.15) is 0 Å². The van der Waals surface area contributed by atoms with Gasteiger partial charge >= 0.3 is 5.97 Å². The van der Waals surface area contributed by atoms with Crippen LogP contribution in [0.1, 0.15) is 54.7 Å². The van der Waals surface area contributed by atoms with Crippen LogP contribution in [0.2, 0.25) is 0 Å². The highest BCUT2D eigenvalue weighted by Crippen LogP contribution is 2.29. The lowest BCUT2D eigenvalue weighted by Crippen LogP contribution is -2.26. The van der Waals surface area contributed by atoms with Crippen molar-refractivity contribution >= 4 is 28.3 Å². The molecule has 1 N–H and O–H groups in total. The maximum atomic E-state index is 12.6. The molecule has 0 saturated heterocycles. The zero-order valence-corrected chi connectivity index (χ0v) is 22.2. The van der Waals surface area contributed by atoms with Crippen LogP contribution in [-0.2, 0) is 22.6 Å². The van der Waals surface area contributed by atoms with E-state index in [1.165, 1.54) is 13.3 Å². The van der Waals surface area contributed by atoms with Gasteiger partial charge in [0, 0.05) is 41.6 Å². The van der Waals surface area contributed by atoms with Crippen LogP contribution in [0.5, 0.6) is 5.75 Å². The van der Waals surface area contributed by atoms with E-state index >= 15 is 0 Å². The van der Waals surface area contributed by atoms with Gasteiger partial charge in [0.1, 0.15) is 24.2 Å². The van der Waals surface area contributed by atoms with Crippen LogP contribution in [0.4, 0.5) is 5.69 Å². The van der Waals surface area contributed by atoms with Crippen LogP contribution in [0.15, 0.2) is 61.3 Å². The monoisotopic (exact) mass is 510 g/mol. The summed E-state index contributed by atoms with van der Waals surface area (Å²) in [5.74, 6) is 6.59. The van der Waals surface area contributed by atoms with Crippen LogP contribution < -0.4 is 10.1 Å². The Bertz CT molecular complexity index is 1520. The molecule has 2 aromatic heterocycles. The standard InChI is InChI=1S/C30H30N4O4/c1-20(35)26-17-34(18-29(36)38-30(2,3)4)28-13-27(33-16-21-7-10-24(37-5)11-8-21)23(12-25(26)28)9-6-22-14-31-19-32-15-22/h7-8,10-15,17,19,33H,16,18H2,1-5H3. The fraction of sp³-hybridized carbons (Fsp3) is 0.267. The zero-order chi connectivity index (χ0) is 27.3. The summed E-state index contributed by atoms with van der Waals surface area (Å²) in [5.41, 5.74) is 3.81. The largest absolute Gasteiger partial charge is 0.497 e. The van der Waals surface area contributed by atoms with E-state index in [0.29, 0.717) is 28.6 Å². The number of hydrogen-bond donors (Lipinski definition) is 1. The van der Waals surface area contributed by atoms with Crippen molar-refractivity contribution in [2.24, 2.45) is 0 Å². The smallest absolute Gasteiger partial charge is 0.326 e. The van der Waals surface area contributed by atoms with Crippen molar-refractivity contribution in [1.29, 1.82) is 0 Å². The van der Waals surface area contributed by atoms with Crippen molar-refractivity contribution in [3.63, 3.8) is 0 Å². The summed E-state index contributed by atoms with van der Waals surface area (Å²) in [4.78, 5) is 33.2. The van der Waals surface area contributed by atoms with Crippen molar-refractivity contribution < 1.29 is 19.1 Å². The lowest BCUT2D eigenvalue weighted by molar-refractivity contribution is -0.155. The molecule has 0 aliphatic heterocycles. The Kier molecular flexibility index (Phi) is 7.77. The van der Waals surface area contributed by atoms with Crippen LogP contribution in [0, 0.1) is 11.8 Å². The van der Waals surface area contributed by atoms with Gasteiger partial charge in [-0.3, -0.25) is 9.59 Å². The van der Waals surface area contributed by atoms with Crippen molar-refractivity contribution in [2.75, 3.05) is 12.4 Å². The van der Waals surface area contributed by atoms with E-state index in [0.717, 1.165) is 22.5 Å². The minimum Gasteiger partial charge on any atom is -0.497 e. The summed E-state index contributed by atoms with van der Waals surface area (Å²) < 4.78 is 12.5. The number of aromatic nitrogens is 3. The molecule has 0 spiro atoms. The predicted octanol–water partition coefficient (Wildman–Crippen LogP) is 5.00. The molecule has 8 heteroatoms. The number of nitrogens with one attached hydrogen (secondary N) is 1. The van der Waals surface area contributed by atoms with Crippen LogP contribution in [0.25, 0.3) is 10.9 Å². The molecule has 0 amide bonds. The maximum absolute atomic E-state index is 12.6. The molecule has 8 nitrogen and oxygen atoms in total. The topological polar surface area (TPSA) is 95.3 Å². The number of esters is 1. The molecule has 0 bridgehead atoms. The van der Waals surface area contributed by atoms with E-state index in [1.807, 2.05) is 57.2 Å². The number of anilines is 1. The van der Waals surface area contributed by atoms with E-state index in [1.54, 1.807) is 30.3 Å². The molecular weight excluding hydrogens is 480 g/mol. The number of nitrogens with zero attached hydrogens (tertiary/aromatic N) is 3. The van der Waals surface area contributed by atoms with Crippen molar-refractivity contribution in [3.05, 3.63) is 83.6 Å². The van der Waals surface area contributed by atoms with Crippen LogP contribution >= 0.6 is 0 Å². The highest BCUT2D eigenvalue weighted by Gasteiger charge is 2.20. The van der Waals surface area contributed by atoms with Crippen LogP contribution in [0.3, 0.4) is 0 Å². The fourth-order valence-electron chi connectivity index (χ4n) is 3.95. The number of carbonyl (C=O) groups excluding carboxylic acids is 2. The zero-order valence-electron chi connectivity index (χ0n) is 22.2. The second-order valence-corrected chi connectivity index (χ2v) is 9.81. The minimum absolute atomic E-state index is 0.0225. The SMILES string of the molecule is COc1ccc(CNc2cc3c(cc2C#Cc2cncnc2)c(C(C)=O)cn3CC(=O)OC(C)(C)C)cc1. The molecule has 4 aromatic rings. The number of hydrogen-bond acceptors (Lipinski definition) is 7. The van der Waals surface area contributed by atoms with Gasteiger partial charge < -0.3 is 19.4 Å². The molecule has 2 aromatic carbocycles.